The van der Waals surface area contributed by atoms with Gasteiger partial charge in [-0.25, -0.2) is 0 Å². The topological polar surface area (TPSA) is 72.1 Å². The third-order valence-corrected chi connectivity index (χ3v) is 5.19. The number of rotatable bonds is 5. The van der Waals surface area contributed by atoms with Gasteiger partial charge in [0, 0.05) is 30.0 Å². The second-order valence-electron chi connectivity index (χ2n) is 5.60. The molecule has 3 aromatic heterocycles. The fraction of sp³-hybridized carbons (Fsp3) is 0.250. The molecule has 4 rings (SSSR count). The third kappa shape index (κ3) is 2.98. The minimum atomic E-state index is -0.214. The molecular weight excluding hydrogens is 348 g/mol. The summed E-state index contributed by atoms with van der Waals surface area (Å²) < 4.78 is 7.17. The molecule has 3 aromatic rings. The molecule has 0 atom stereocenters. The predicted molar refractivity (Wildman–Crippen MR) is 92.9 cm³/mol. The van der Waals surface area contributed by atoms with Gasteiger partial charge in [0.25, 0.3) is 5.91 Å². The van der Waals surface area contributed by atoms with E-state index in [0.717, 1.165) is 28.0 Å². The molecule has 0 saturated carbocycles. The second kappa shape index (κ2) is 6.43. The number of nitrogens with one attached hydrogen (secondary N) is 2. The van der Waals surface area contributed by atoms with E-state index in [1.54, 1.807) is 6.07 Å². The lowest BCUT2D eigenvalue weighted by atomic mass is 10.00. The number of thiophene rings is 1. The van der Waals surface area contributed by atoms with E-state index < -0.39 is 0 Å². The molecule has 0 spiro atoms. The van der Waals surface area contributed by atoms with Gasteiger partial charge in [0.15, 0.2) is 0 Å². The first-order valence-corrected chi connectivity index (χ1v) is 8.76. The fourth-order valence-corrected chi connectivity index (χ4v) is 3.54. The molecule has 0 unspecified atom stereocenters. The van der Waals surface area contributed by atoms with Crippen LogP contribution in [0, 0.1) is 0 Å². The Morgan fingerprint density at radius 3 is 2.96 bits per heavy atom. The zero-order valence-electron chi connectivity index (χ0n) is 12.7. The molecule has 1 fully saturated rings. The van der Waals surface area contributed by atoms with Gasteiger partial charge in [-0.05, 0) is 18.2 Å². The van der Waals surface area contributed by atoms with Gasteiger partial charge in [0.1, 0.15) is 12.1 Å². The number of hydrogen-bond donors (Lipinski definition) is 2. The van der Waals surface area contributed by atoms with Crippen molar-refractivity contribution in [2.24, 2.45) is 0 Å². The van der Waals surface area contributed by atoms with E-state index in [4.69, 9.17) is 16.0 Å². The summed E-state index contributed by atoms with van der Waals surface area (Å²) in [5, 5.41) is 11.0. The summed E-state index contributed by atoms with van der Waals surface area (Å²) in [5.74, 6) is 0.807. The quantitative estimate of drug-likeness (QED) is 0.729. The molecule has 124 valence electrons. The summed E-state index contributed by atoms with van der Waals surface area (Å²) in [6.07, 6.45) is 2.91. The minimum absolute atomic E-state index is 0.214. The summed E-state index contributed by atoms with van der Waals surface area (Å²) in [4.78, 5) is 13.7. The Kier molecular flexibility index (Phi) is 4.13. The standard InChI is InChI=1S/C16H15ClN4O2S/c17-14-2-1-12(24-14)8-19-15-5-13(11-6-18-7-11)20-21(15)16(22)10-3-4-23-9-10/h1-5,9,11,18-19H,6-8H2. The Balaban J connectivity index is 1.60. The van der Waals surface area contributed by atoms with Crippen molar-refractivity contribution in [3.8, 4) is 0 Å². The van der Waals surface area contributed by atoms with Crippen LogP contribution < -0.4 is 10.6 Å². The van der Waals surface area contributed by atoms with Crippen molar-refractivity contribution in [3.63, 3.8) is 0 Å². The van der Waals surface area contributed by atoms with Crippen LogP contribution in [0.5, 0.6) is 0 Å². The van der Waals surface area contributed by atoms with E-state index >= 15 is 0 Å². The Hall–Kier alpha value is -2.09. The van der Waals surface area contributed by atoms with Gasteiger partial charge >= 0.3 is 0 Å². The number of furan rings is 1. The maximum absolute atomic E-state index is 12.7. The van der Waals surface area contributed by atoms with Crippen molar-refractivity contribution in [1.29, 1.82) is 0 Å². The summed E-state index contributed by atoms with van der Waals surface area (Å²) >= 11 is 7.48. The molecule has 0 bridgehead atoms. The Labute approximate surface area is 147 Å². The lowest BCUT2D eigenvalue weighted by molar-refractivity contribution is 0.0946. The molecule has 0 amide bonds. The van der Waals surface area contributed by atoms with Gasteiger partial charge in [-0.1, -0.05) is 11.6 Å². The van der Waals surface area contributed by atoms with Gasteiger partial charge in [-0.2, -0.15) is 9.78 Å². The monoisotopic (exact) mass is 362 g/mol. The highest BCUT2D eigenvalue weighted by atomic mass is 35.5. The first-order valence-electron chi connectivity index (χ1n) is 7.56. The van der Waals surface area contributed by atoms with Gasteiger partial charge in [0.05, 0.1) is 28.4 Å². The van der Waals surface area contributed by atoms with Crippen LogP contribution in [0.2, 0.25) is 4.34 Å². The van der Waals surface area contributed by atoms with Crippen molar-refractivity contribution < 1.29 is 9.21 Å². The van der Waals surface area contributed by atoms with Crippen LogP contribution in [-0.4, -0.2) is 28.8 Å². The van der Waals surface area contributed by atoms with Crippen LogP contribution in [0.4, 0.5) is 5.82 Å². The molecule has 0 aliphatic carbocycles. The van der Waals surface area contributed by atoms with Crippen LogP contribution >= 0.6 is 22.9 Å². The van der Waals surface area contributed by atoms with E-state index in [9.17, 15) is 4.79 Å². The third-order valence-electron chi connectivity index (χ3n) is 3.96. The highest BCUT2D eigenvalue weighted by Crippen LogP contribution is 2.25. The normalized spacial score (nSPS) is 14.5. The first kappa shape index (κ1) is 15.4. The molecule has 2 N–H and O–H groups in total. The van der Waals surface area contributed by atoms with Gasteiger partial charge in [-0.15, -0.1) is 11.3 Å². The second-order valence-corrected chi connectivity index (χ2v) is 7.40. The zero-order chi connectivity index (χ0) is 16.5. The average Bonchev–Trinajstić information content (AvgIpc) is 3.23. The number of halogens is 1. The van der Waals surface area contributed by atoms with Gasteiger partial charge in [0.2, 0.25) is 0 Å². The molecule has 0 radical (unpaired) electrons. The number of nitrogens with zero attached hydrogens (tertiary/aromatic N) is 2. The summed E-state index contributed by atoms with van der Waals surface area (Å²) in [7, 11) is 0. The first-order chi connectivity index (χ1) is 11.7. The van der Waals surface area contributed by atoms with Crippen LogP contribution in [0.3, 0.4) is 0 Å². The molecule has 6 nitrogen and oxygen atoms in total. The Bertz CT molecular complexity index is 851. The lowest BCUT2D eigenvalue weighted by Crippen LogP contribution is -2.40. The summed E-state index contributed by atoms with van der Waals surface area (Å²) in [6, 6.07) is 7.41. The van der Waals surface area contributed by atoms with Crippen LogP contribution in [0.15, 0.2) is 41.2 Å². The minimum Gasteiger partial charge on any atom is -0.472 e. The number of hydrogen-bond acceptors (Lipinski definition) is 6. The maximum atomic E-state index is 12.7. The van der Waals surface area contributed by atoms with E-state index in [0.29, 0.717) is 23.8 Å². The molecule has 24 heavy (non-hydrogen) atoms. The van der Waals surface area contributed by atoms with Crippen molar-refractivity contribution >= 4 is 34.7 Å². The Morgan fingerprint density at radius 1 is 1.46 bits per heavy atom. The van der Waals surface area contributed by atoms with E-state index in [1.165, 1.54) is 28.5 Å². The zero-order valence-corrected chi connectivity index (χ0v) is 14.2. The molecular formula is C16H15ClN4O2S. The van der Waals surface area contributed by atoms with E-state index in [1.807, 2.05) is 18.2 Å². The van der Waals surface area contributed by atoms with Gasteiger partial charge < -0.3 is 15.1 Å². The molecule has 0 aromatic carbocycles. The molecule has 1 aliphatic rings. The fourth-order valence-electron chi connectivity index (χ4n) is 2.51. The highest BCUT2D eigenvalue weighted by Gasteiger charge is 2.25. The molecule has 8 heteroatoms. The number of anilines is 1. The van der Waals surface area contributed by atoms with E-state index in [-0.39, 0.29) is 5.91 Å². The van der Waals surface area contributed by atoms with Crippen molar-refractivity contribution in [1.82, 2.24) is 15.1 Å². The molecule has 1 saturated heterocycles. The Morgan fingerprint density at radius 2 is 2.33 bits per heavy atom. The van der Waals surface area contributed by atoms with Crippen molar-refractivity contribution in [2.75, 3.05) is 18.4 Å². The number of carbonyl (C=O) groups excluding carboxylic acids is 1. The van der Waals surface area contributed by atoms with Crippen molar-refractivity contribution in [3.05, 3.63) is 57.3 Å². The summed E-state index contributed by atoms with van der Waals surface area (Å²) in [6.45, 7) is 2.36. The van der Waals surface area contributed by atoms with Crippen LogP contribution in [0.25, 0.3) is 0 Å². The van der Waals surface area contributed by atoms with Crippen molar-refractivity contribution in [2.45, 2.75) is 12.5 Å². The maximum Gasteiger partial charge on any atom is 0.283 e. The van der Waals surface area contributed by atoms with Gasteiger partial charge in [-0.3, -0.25) is 4.79 Å². The SMILES string of the molecule is O=C(c1ccoc1)n1nc(C2CNC2)cc1NCc1ccc(Cl)s1. The average molecular weight is 363 g/mol. The van der Waals surface area contributed by atoms with Crippen LogP contribution in [0.1, 0.15) is 26.8 Å². The van der Waals surface area contributed by atoms with Crippen LogP contribution in [-0.2, 0) is 6.54 Å². The smallest absolute Gasteiger partial charge is 0.283 e. The highest BCUT2D eigenvalue weighted by molar-refractivity contribution is 7.16. The lowest BCUT2D eigenvalue weighted by Gasteiger charge is -2.24. The molecule has 1 aliphatic heterocycles. The molecule has 4 heterocycles. The number of aromatic nitrogens is 2. The summed E-state index contributed by atoms with van der Waals surface area (Å²) in [5.41, 5.74) is 1.39. The van der Waals surface area contributed by atoms with E-state index in [2.05, 4.69) is 15.7 Å². The predicted octanol–water partition coefficient (Wildman–Crippen LogP) is 3.18. The number of carbonyl (C=O) groups is 1. The largest absolute Gasteiger partial charge is 0.472 e.